The monoisotopic (exact) mass is 343 g/mol. The second-order valence-corrected chi connectivity index (χ2v) is 8.64. The summed E-state index contributed by atoms with van der Waals surface area (Å²) in [5.74, 6) is 0.272. The van der Waals surface area contributed by atoms with Crippen LogP contribution in [0.5, 0.6) is 0 Å². The molecule has 4 heteroatoms. The molecular weight excluding hydrogens is 318 g/mol. The number of hydrogen-bond acceptors (Lipinski definition) is 2. The highest BCUT2D eigenvalue weighted by Crippen LogP contribution is 2.30. The molecule has 2 aromatic carbocycles. The molecule has 1 aliphatic heterocycles. The van der Waals surface area contributed by atoms with E-state index >= 15 is 0 Å². The fourth-order valence-corrected chi connectivity index (χ4v) is 5.28. The Morgan fingerprint density at radius 1 is 1.00 bits per heavy atom. The highest BCUT2D eigenvalue weighted by atomic mass is 32.2. The van der Waals surface area contributed by atoms with Gasteiger partial charge in [0.2, 0.25) is 10.0 Å². The summed E-state index contributed by atoms with van der Waals surface area (Å²) in [7, 11) is -3.45. The van der Waals surface area contributed by atoms with E-state index in [0.717, 1.165) is 30.4 Å². The average Bonchev–Trinajstić information content (AvgIpc) is 2.84. The first-order valence-electron chi connectivity index (χ1n) is 8.61. The molecule has 0 spiro atoms. The van der Waals surface area contributed by atoms with E-state index in [9.17, 15) is 8.42 Å². The lowest BCUT2D eigenvalue weighted by Gasteiger charge is -2.25. The van der Waals surface area contributed by atoms with E-state index in [-0.39, 0.29) is 5.92 Å². The molecule has 0 saturated carbocycles. The Hall–Kier alpha value is -1.65. The molecule has 1 unspecified atom stereocenters. The molecule has 1 fully saturated rings. The van der Waals surface area contributed by atoms with Gasteiger partial charge >= 0.3 is 0 Å². The van der Waals surface area contributed by atoms with Gasteiger partial charge in [0, 0.05) is 13.1 Å². The van der Waals surface area contributed by atoms with Crippen LogP contribution < -0.4 is 0 Å². The van der Waals surface area contributed by atoms with Gasteiger partial charge in [0.1, 0.15) is 0 Å². The van der Waals surface area contributed by atoms with Crippen LogP contribution in [-0.2, 0) is 10.0 Å². The third kappa shape index (κ3) is 3.55. The number of nitrogens with zero attached hydrogens (tertiary/aromatic N) is 1. The largest absolute Gasteiger partial charge is 0.243 e. The summed E-state index contributed by atoms with van der Waals surface area (Å²) >= 11 is 0. The summed E-state index contributed by atoms with van der Waals surface area (Å²) in [6.45, 7) is 4.99. The average molecular weight is 343 g/mol. The molecule has 128 valence electrons. The molecule has 1 aliphatic rings. The highest BCUT2D eigenvalue weighted by molar-refractivity contribution is 7.89. The minimum atomic E-state index is -3.45. The van der Waals surface area contributed by atoms with Crippen LogP contribution >= 0.6 is 0 Å². The van der Waals surface area contributed by atoms with Crippen molar-refractivity contribution in [2.45, 2.75) is 43.9 Å². The maximum atomic E-state index is 13.2. The first-order valence-corrected chi connectivity index (χ1v) is 10.0. The topological polar surface area (TPSA) is 37.4 Å². The summed E-state index contributed by atoms with van der Waals surface area (Å²) in [6, 6.07) is 15.9. The van der Waals surface area contributed by atoms with Gasteiger partial charge in [-0.25, -0.2) is 8.42 Å². The quantitative estimate of drug-likeness (QED) is 0.835. The molecular formula is C20H25NO2S. The van der Waals surface area contributed by atoms with E-state index in [1.54, 1.807) is 10.4 Å². The molecule has 0 aromatic heterocycles. The molecule has 3 rings (SSSR count). The Balaban J connectivity index is 1.93. The van der Waals surface area contributed by atoms with Gasteiger partial charge in [0.05, 0.1) is 4.90 Å². The van der Waals surface area contributed by atoms with Crippen LogP contribution in [-0.4, -0.2) is 25.8 Å². The molecule has 1 saturated heterocycles. The zero-order valence-electron chi connectivity index (χ0n) is 14.4. The van der Waals surface area contributed by atoms with Crippen molar-refractivity contribution in [1.82, 2.24) is 4.31 Å². The Kier molecular flexibility index (Phi) is 5.07. The van der Waals surface area contributed by atoms with Gasteiger partial charge in [-0.15, -0.1) is 0 Å². The predicted molar refractivity (Wildman–Crippen MR) is 97.7 cm³/mol. The summed E-state index contributed by atoms with van der Waals surface area (Å²) in [6.07, 6.45) is 3.04. The number of aryl methyl sites for hydroxylation is 2. The van der Waals surface area contributed by atoms with Crippen molar-refractivity contribution in [3.05, 3.63) is 65.2 Å². The summed E-state index contributed by atoms with van der Waals surface area (Å²) in [4.78, 5) is 0.455. The second kappa shape index (κ2) is 7.08. The molecule has 3 nitrogen and oxygen atoms in total. The standard InChI is InChI=1S/C20H25NO2S/c1-16-11-12-17(2)20(14-16)24(22,23)21-13-7-6-10-19(15-21)18-8-4-3-5-9-18/h3-5,8-9,11-12,14,19H,6-7,10,13,15H2,1-2H3. The third-order valence-corrected chi connectivity index (χ3v) is 6.87. The van der Waals surface area contributed by atoms with Crippen molar-refractivity contribution < 1.29 is 8.42 Å². The van der Waals surface area contributed by atoms with E-state index in [2.05, 4.69) is 12.1 Å². The molecule has 1 heterocycles. The van der Waals surface area contributed by atoms with Crippen molar-refractivity contribution in [2.75, 3.05) is 13.1 Å². The molecule has 0 bridgehead atoms. The minimum Gasteiger partial charge on any atom is -0.207 e. The number of rotatable bonds is 3. The number of hydrogen-bond donors (Lipinski definition) is 0. The third-order valence-electron chi connectivity index (χ3n) is 4.87. The molecule has 1 atom stereocenters. The summed E-state index contributed by atoms with van der Waals surface area (Å²) in [5.41, 5.74) is 3.04. The molecule has 0 amide bonds. The van der Waals surface area contributed by atoms with Crippen LogP contribution in [0.15, 0.2) is 53.4 Å². The van der Waals surface area contributed by atoms with Crippen LogP contribution in [0.1, 0.15) is 41.9 Å². The van der Waals surface area contributed by atoms with Gasteiger partial charge in [-0.2, -0.15) is 4.31 Å². The molecule has 2 aromatic rings. The smallest absolute Gasteiger partial charge is 0.207 e. The van der Waals surface area contributed by atoms with Crippen LogP contribution in [0.3, 0.4) is 0 Å². The maximum Gasteiger partial charge on any atom is 0.243 e. The predicted octanol–water partition coefficient (Wildman–Crippen LogP) is 4.26. The van der Waals surface area contributed by atoms with Crippen LogP contribution in [0.4, 0.5) is 0 Å². The van der Waals surface area contributed by atoms with Gasteiger partial charge in [0.15, 0.2) is 0 Å². The fourth-order valence-electron chi connectivity index (χ4n) is 3.45. The van der Waals surface area contributed by atoms with E-state index in [1.807, 2.05) is 44.2 Å². The van der Waals surface area contributed by atoms with E-state index in [4.69, 9.17) is 0 Å². The highest BCUT2D eigenvalue weighted by Gasteiger charge is 2.30. The van der Waals surface area contributed by atoms with Crippen molar-refractivity contribution in [1.29, 1.82) is 0 Å². The van der Waals surface area contributed by atoms with Crippen LogP contribution in [0, 0.1) is 13.8 Å². The van der Waals surface area contributed by atoms with Gasteiger partial charge in [0.25, 0.3) is 0 Å². The van der Waals surface area contributed by atoms with Gasteiger partial charge in [-0.3, -0.25) is 0 Å². The Morgan fingerprint density at radius 2 is 1.75 bits per heavy atom. The minimum absolute atomic E-state index is 0.272. The zero-order chi connectivity index (χ0) is 17.2. The normalized spacial score (nSPS) is 19.8. The maximum absolute atomic E-state index is 13.2. The molecule has 0 aliphatic carbocycles. The Labute approximate surface area is 145 Å². The lowest BCUT2D eigenvalue weighted by atomic mass is 9.95. The summed E-state index contributed by atoms with van der Waals surface area (Å²) < 4.78 is 28.1. The zero-order valence-corrected chi connectivity index (χ0v) is 15.2. The second-order valence-electron chi connectivity index (χ2n) is 6.74. The molecule has 24 heavy (non-hydrogen) atoms. The van der Waals surface area contributed by atoms with Crippen LogP contribution in [0.2, 0.25) is 0 Å². The van der Waals surface area contributed by atoms with E-state index in [1.165, 1.54) is 5.56 Å². The summed E-state index contributed by atoms with van der Waals surface area (Å²) in [5, 5.41) is 0. The Bertz CT molecular complexity index is 800. The van der Waals surface area contributed by atoms with Gasteiger partial charge < -0.3 is 0 Å². The van der Waals surface area contributed by atoms with Gasteiger partial charge in [-0.1, -0.05) is 48.9 Å². The fraction of sp³-hybridized carbons (Fsp3) is 0.400. The first kappa shape index (κ1) is 17.2. The van der Waals surface area contributed by atoms with Gasteiger partial charge in [-0.05, 0) is 55.4 Å². The van der Waals surface area contributed by atoms with Crippen molar-refractivity contribution in [3.8, 4) is 0 Å². The van der Waals surface area contributed by atoms with E-state index < -0.39 is 10.0 Å². The lowest BCUT2D eigenvalue weighted by molar-refractivity contribution is 0.406. The number of sulfonamides is 1. The first-order chi connectivity index (χ1) is 11.5. The lowest BCUT2D eigenvalue weighted by Crippen LogP contribution is -2.34. The van der Waals surface area contributed by atoms with Crippen molar-refractivity contribution in [2.24, 2.45) is 0 Å². The number of benzene rings is 2. The van der Waals surface area contributed by atoms with Crippen LogP contribution in [0.25, 0.3) is 0 Å². The molecule has 0 radical (unpaired) electrons. The van der Waals surface area contributed by atoms with E-state index in [0.29, 0.717) is 18.0 Å². The molecule has 0 N–H and O–H groups in total. The Morgan fingerprint density at radius 3 is 2.50 bits per heavy atom. The van der Waals surface area contributed by atoms with Crippen molar-refractivity contribution >= 4 is 10.0 Å². The van der Waals surface area contributed by atoms with Crippen molar-refractivity contribution in [3.63, 3.8) is 0 Å². The SMILES string of the molecule is Cc1ccc(C)c(S(=O)(=O)N2CCCCC(c3ccccc3)C2)c1.